The lowest BCUT2D eigenvalue weighted by atomic mass is 10.0. The van der Waals surface area contributed by atoms with Gasteiger partial charge in [-0.2, -0.15) is 0 Å². The van der Waals surface area contributed by atoms with Gasteiger partial charge in [0, 0.05) is 17.5 Å². The molecule has 1 aromatic carbocycles. The summed E-state index contributed by atoms with van der Waals surface area (Å²) >= 11 is 1.85. The summed E-state index contributed by atoms with van der Waals surface area (Å²) < 4.78 is 0. The van der Waals surface area contributed by atoms with E-state index in [4.69, 9.17) is 0 Å². The first-order valence-electron chi connectivity index (χ1n) is 7.18. The van der Waals surface area contributed by atoms with E-state index in [1.807, 2.05) is 11.3 Å². The average molecular weight is 273 g/mol. The molecule has 0 saturated heterocycles. The maximum atomic E-state index is 3.71. The minimum atomic E-state index is 0.604. The molecule has 1 atom stereocenters. The van der Waals surface area contributed by atoms with Crippen molar-refractivity contribution in [1.29, 1.82) is 0 Å². The zero-order chi connectivity index (χ0) is 13.3. The van der Waals surface area contributed by atoms with E-state index in [1.54, 1.807) is 0 Å². The summed E-state index contributed by atoms with van der Waals surface area (Å²) in [7, 11) is 0. The predicted molar refractivity (Wildman–Crippen MR) is 84.9 cm³/mol. The lowest BCUT2D eigenvalue weighted by Crippen LogP contribution is -2.32. The molecular weight excluding hydrogens is 250 g/mol. The topological polar surface area (TPSA) is 12.0 Å². The Labute approximate surface area is 120 Å². The minimum absolute atomic E-state index is 0.604. The Hall–Kier alpha value is -1.12. The monoisotopic (exact) mass is 273 g/mol. The van der Waals surface area contributed by atoms with Crippen LogP contribution in [0.4, 0.5) is 0 Å². The highest BCUT2D eigenvalue weighted by Crippen LogP contribution is 2.10. The van der Waals surface area contributed by atoms with Crippen molar-refractivity contribution in [1.82, 2.24) is 5.32 Å². The molecular formula is C17H23NS. The average Bonchev–Trinajstić information content (AvgIpc) is 2.93. The highest BCUT2D eigenvalue weighted by molar-refractivity contribution is 7.09. The summed E-state index contributed by atoms with van der Waals surface area (Å²) in [6.07, 6.45) is 4.77. The van der Waals surface area contributed by atoms with Gasteiger partial charge in [-0.3, -0.25) is 0 Å². The maximum absolute atomic E-state index is 3.71. The molecule has 2 heteroatoms. The van der Waals surface area contributed by atoms with Crippen molar-refractivity contribution in [3.63, 3.8) is 0 Å². The van der Waals surface area contributed by atoms with Crippen LogP contribution in [0.25, 0.3) is 0 Å². The van der Waals surface area contributed by atoms with Gasteiger partial charge in [0.2, 0.25) is 0 Å². The largest absolute Gasteiger partial charge is 0.313 e. The number of rotatable bonds is 8. The van der Waals surface area contributed by atoms with Crippen LogP contribution in [-0.2, 0) is 12.8 Å². The van der Waals surface area contributed by atoms with Gasteiger partial charge in [-0.25, -0.2) is 0 Å². The van der Waals surface area contributed by atoms with Gasteiger partial charge in [-0.1, -0.05) is 49.7 Å². The summed E-state index contributed by atoms with van der Waals surface area (Å²) in [6, 6.07) is 15.8. The van der Waals surface area contributed by atoms with Crippen molar-refractivity contribution in [3.8, 4) is 0 Å². The third-order valence-electron chi connectivity index (χ3n) is 3.35. The van der Waals surface area contributed by atoms with E-state index < -0.39 is 0 Å². The van der Waals surface area contributed by atoms with E-state index in [0.29, 0.717) is 6.04 Å². The molecule has 0 amide bonds. The number of hydrogen-bond acceptors (Lipinski definition) is 2. The highest BCUT2D eigenvalue weighted by Gasteiger charge is 2.07. The van der Waals surface area contributed by atoms with E-state index in [2.05, 4.69) is 60.1 Å². The minimum Gasteiger partial charge on any atom is -0.313 e. The fraction of sp³-hybridized carbons (Fsp3) is 0.412. The van der Waals surface area contributed by atoms with Crippen LogP contribution in [0.1, 0.15) is 30.2 Å². The van der Waals surface area contributed by atoms with E-state index in [-0.39, 0.29) is 0 Å². The zero-order valence-corrected chi connectivity index (χ0v) is 12.5. The predicted octanol–water partition coefficient (Wildman–Crippen LogP) is 4.29. The Morgan fingerprint density at radius 1 is 1.11 bits per heavy atom. The SMILES string of the molecule is CCCC(Cc1ccccc1)NCCc1cccs1. The van der Waals surface area contributed by atoms with Gasteiger partial charge in [0.15, 0.2) is 0 Å². The van der Waals surface area contributed by atoms with Crippen molar-refractivity contribution in [2.75, 3.05) is 6.54 Å². The molecule has 1 N–H and O–H groups in total. The lowest BCUT2D eigenvalue weighted by molar-refractivity contribution is 0.476. The van der Waals surface area contributed by atoms with Crippen LogP contribution < -0.4 is 5.32 Å². The van der Waals surface area contributed by atoms with Gasteiger partial charge >= 0.3 is 0 Å². The molecule has 0 aliphatic rings. The molecule has 0 bridgehead atoms. The Balaban J connectivity index is 1.79. The Morgan fingerprint density at radius 3 is 2.63 bits per heavy atom. The van der Waals surface area contributed by atoms with Gasteiger partial charge in [-0.15, -0.1) is 11.3 Å². The number of benzene rings is 1. The standard InChI is InChI=1S/C17H23NS/c1-2-7-16(14-15-8-4-3-5-9-15)18-12-11-17-10-6-13-19-17/h3-6,8-10,13,16,18H,2,7,11-12,14H2,1H3. The lowest BCUT2D eigenvalue weighted by Gasteiger charge is -2.18. The van der Waals surface area contributed by atoms with Crippen LogP contribution in [0, 0.1) is 0 Å². The zero-order valence-electron chi connectivity index (χ0n) is 11.6. The van der Waals surface area contributed by atoms with Crippen LogP contribution in [0.5, 0.6) is 0 Å². The molecule has 0 fully saturated rings. The van der Waals surface area contributed by atoms with Crippen molar-refractivity contribution in [2.24, 2.45) is 0 Å². The molecule has 1 nitrogen and oxygen atoms in total. The summed E-state index contributed by atoms with van der Waals surface area (Å²) in [6.45, 7) is 3.34. The Kier molecular flexibility index (Phi) is 6.12. The van der Waals surface area contributed by atoms with Crippen LogP contribution in [-0.4, -0.2) is 12.6 Å². The Morgan fingerprint density at radius 2 is 1.95 bits per heavy atom. The van der Waals surface area contributed by atoms with Crippen molar-refractivity contribution < 1.29 is 0 Å². The van der Waals surface area contributed by atoms with E-state index in [1.165, 1.54) is 23.3 Å². The quantitative estimate of drug-likeness (QED) is 0.756. The van der Waals surface area contributed by atoms with Crippen LogP contribution in [0.15, 0.2) is 47.8 Å². The van der Waals surface area contributed by atoms with Crippen molar-refractivity contribution in [3.05, 3.63) is 58.3 Å². The van der Waals surface area contributed by atoms with Gasteiger partial charge in [-0.05, 0) is 36.3 Å². The van der Waals surface area contributed by atoms with Crippen LogP contribution >= 0.6 is 11.3 Å². The molecule has 2 aromatic rings. The third kappa shape index (κ3) is 5.17. The first-order valence-corrected chi connectivity index (χ1v) is 8.06. The molecule has 102 valence electrons. The first kappa shape index (κ1) is 14.3. The highest BCUT2D eigenvalue weighted by atomic mass is 32.1. The van der Waals surface area contributed by atoms with Gasteiger partial charge in [0.25, 0.3) is 0 Å². The molecule has 0 radical (unpaired) electrons. The van der Waals surface area contributed by atoms with Gasteiger partial charge in [0.05, 0.1) is 0 Å². The fourth-order valence-corrected chi connectivity index (χ4v) is 3.09. The summed E-state index contributed by atoms with van der Waals surface area (Å²) in [5.74, 6) is 0. The molecule has 1 heterocycles. The first-order chi connectivity index (χ1) is 9.38. The van der Waals surface area contributed by atoms with E-state index in [9.17, 15) is 0 Å². The molecule has 1 aromatic heterocycles. The van der Waals surface area contributed by atoms with Crippen molar-refractivity contribution in [2.45, 2.75) is 38.6 Å². The molecule has 0 aliphatic carbocycles. The number of nitrogens with one attached hydrogen (secondary N) is 1. The molecule has 0 spiro atoms. The molecule has 0 aliphatic heterocycles. The smallest absolute Gasteiger partial charge is 0.0107 e. The second kappa shape index (κ2) is 8.13. The van der Waals surface area contributed by atoms with Crippen LogP contribution in [0.3, 0.4) is 0 Å². The number of hydrogen-bond donors (Lipinski definition) is 1. The fourth-order valence-electron chi connectivity index (χ4n) is 2.38. The molecule has 2 rings (SSSR count). The van der Waals surface area contributed by atoms with E-state index in [0.717, 1.165) is 19.4 Å². The normalized spacial score (nSPS) is 12.5. The number of thiophene rings is 1. The van der Waals surface area contributed by atoms with Crippen molar-refractivity contribution >= 4 is 11.3 Å². The molecule has 19 heavy (non-hydrogen) atoms. The molecule has 1 unspecified atom stereocenters. The van der Waals surface area contributed by atoms with E-state index >= 15 is 0 Å². The van der Waals surface area contributed by atoms with Crippen LogP contribution in [0.2, 0.25) is 0 Å². The molecule has 0 saturated carbocycles. The second-order valence-corrected chi connectivity index (χ2v) is 5.99. The summed E-state index contributed by atoms with van der Waals surface area (Å²) in [5.41, 5.74) is 1.43. The summed E-state index contributed by atoms with van der Waals surface area (Å²) in [5, 5.41) is 5.87. The maximum Gasteiger partial charge on any atom is 0.0107 e. The van der Waals surface area contributed by atoms with Gasteiger partial charge in [0.1, 0.15) is 0 Å². The second-order valence-electron chi connectivity index (χ2n) is 4.96. The third-order valence-corrected chi connectivity index (χ3v) is 4.28. The van der Waals surface area contributed by atoms with Gasteiger partial charge < -0.3 is 5.32 Å². The Bertz CT molecular complexity index is 436. The summed E-state index contributed by atoms with van der Waals surface area (Å²) in [4.78, 5) is 1.47.